The fraction of sp³-hybridized carbons (Fsp3) is 0.824. The molecule has 0 aromatic carbocycles. The second-order valence-corrected chi connectivity index (χ2v) is 7.22. The lowest BCUT2D eigenvalue weighted by molar-refractivity contribution is -0.154. The molecule has 0 N–H and O–H groups in total. The topological polar surface area (TPSA) is 26.3 Å². The first-order chi connectivity index (χ1) is 8.79. The summed E-state index contributed by atoms with van der Waals surface area (Å²) < 4.78 is 5.62. The molecular weight excluding hydrogens is 236 g/mol. The monoisotopic (exact) mass is 264 g/mol. The lowest BCUT2D eigenvalue weighted by Crippen LogP contribution is -2.39. The molecule has 0 heterocycles. The minimum Gasteiger partial charge on any atom is -0.462 e. The van der Waals surface area contributed by atoms with Gasteiger partial charge >= 0.3 is 5.97 Å². The molecule has 2 saturated carbocycles. The van der Waals surface area contributed by atoms with Gasteiger partial charge < -0.3 is 4.74 Å². The van der Waals surface area contributed by atoms with Crippen LogP contribution in [-0.4, -0.2) is 12.1 Å². The number of esters is 1. The average Bonchev–Trinajstić information content (AvgIpc) is 2.63. The van der Waals surface area contributed by atoms with Crippen LogP contribution in [0, 0.1) is 16.7 Å². The van der Waals surface area contributed by atoms with Gasteiger partial charge in [0.15, 0.2) is 0 Å². The Morgan fingerprint density at radius 3 is 2.58 bits per heavy atom. The summed E-state index contributed by atoms with van der Waals surface area (Å²) in [6.07, 6.45) is 8.43. The normalized spacial score (nSPS) is 40.3. The Balaban J connectivity index is 2.13. The lowest BCUT2D eigenvalue weighted by Gasteiger charge is -2.41. The molecule has 19 heavy (non-hydrogen) atoms. The minimum absolute atomic E-state index is 0.120. The third-order valence-corrected chi connectivity index (χ3v) is 5.95. The largest absolute Gasteiger partial charge is 0.462 e. The summed E-state index contributed by atoms with van der Waals surface area (Å²) in [6.45, 7) is 10.6. The first-order valence-corrected chi connectivity index (χ1v) is 7.60. The second kappa shape index (κ2) is 4.96. The number of rotatable bonds is 4. The molecule has 2 nitrogen and oxygen atoms in total. The minimum atomic E-state index is -0.120. The molecule has 2 rings (SSSR count). The molecule has 0 aliphatic heterocycles. The number of hydrogen-bond donors (Lipinski definition) is 0. The fourth-order valence-electron chi connectivity index (χ4n) is 4.50. The van der Waals surface area contributed by atoms with E-state index in [1.807, 2.05) is 0 Å². The molecule has 0 saturated heterocycles. The first kappa shape index (κ1) is 14.6. The summed E-state index contributed by atoms with van der Waals surface area (Å²) in [4.78, 5) is 11.3. The number of ether oxygens (including phenoxy) is 1. The Morgan fingerprint density at radius 1 is 1.32 bits per heavy atom. The van der Waals surface area contributed by atoms with Crippen molar-refractivity contribution in [1.29, 1.82) is 0 Å². The molecule has 0 amide bonds. The first-order valence-electron chi connectivity index (χ1n) is 7.60. The zero-order chi connectivity index (χ0) is 14.3. The highest BCUT2D eigenvalue weighted by atomic mass is 16.5. The van der Waals surface area contributed by atoms with E-state index in [-0.39, 0.29) is 17.5 Å². The molecule has 2 bridgehead atoms. The van der Waals surface area contributed by atoms with Crippen LogP contribution in [0.4, 0.5) is 0 Å². The van der Waals surface area contributed by atoms with Crippen molar-refractivity contribution in [3.8, 4) is 0 Å². The van der Waals surface area contributed by atoms with Crippen molar-refractivity contribution in [3.63, 3.8) is 0 Å². The highest BCUT2D eigenvalue weighted by molar-refractivity contribution is 5.66. The predicted molar refractivity (Wildman–Crippen MR) is 77.8 cm³/mol. The van der Waals surface area contributed by atoms with Crippen LogP contribution in [-0.2, 0) is 9.53 Å². The summed E-state index contributed by atoms with van der Waals surface area (Å²) in [5, 5.41) is 0. The maximum atomic E-state index is 11.3. The Morgan fingerprint density at radius 2 is 2.00 bits per heavy atom. The van der Waals surface area contributed by atoms with Crippen LogP contribution in [0.3, 0.4) is 0 Å². The molecule has 108 valence electrons. The van der Waals surface area contributed by atoms with Gasteiger partial charge in [-0.2, -0.15) is 0 Å². The molecule has 0 aromatic rings. The van der Waals surface area contributed by atoms with Crippen LogP contribution in [0.1, 0.15) is 66.7 Å². The maximum absolute atomic E-state index is 11.3. The molecule has 2 heteroatoms. The van der Waals surface area contributed by atoms with Gasteiger partial charge in [-0.1, -0.05) is 25.5 Å². The van der Waals surface area contributed by atoms with Gasteiger partial charge in [-0.05, 0) is 57.3 Å². The third kappa shape index (κ3) is 2.34. The molecule has 0 aromatic heterocycles. The van der Waals surface area contributed by atoms with Gasteiger partial charge in [-0.3, -0.25) is 4.79 Å². The average molecular weight is 264 g/mol. The second-order valence-electron chi connectivity index (χ2n) is 7.22. The summed E-state index contributed by atoms with van der Waals surface area (Å²) in [5.41, 5.74) is 1.91. The van der Waals surface area contributed by atoms with Crippen LogP contribution in [0.25, 0.3) is 0 Å². The molecule has 2 aliphatic rings. The Kier molecular flexibility index (Phi) is 3.81. The van der Waals surface area contributed by atoms with Crippen molar-refractivity contribution < 1.29 is 9.53 Å². The van der Waals surface area contributed by atoms with Gasteiger partial charge in [0.1, 0.15) is 6.10 Å². The molecule has 4 unspecified atom stereocenters. The quantitative estimate of drug-likeness (QED) is 0.552. The van der Waals surface area contributed by atoms with Crippen molar-refractivity contribution in [2.24, 2.45) is 16.7 Å². The highest BCUT2D eigenvalue weighted by Crippen LogP contribution is 2.68. The zero-order valence-electron chi connectivity index (χ0n) is 13.1. The van der Waals surface area contributed by atoms with E-state index in [1.165, 1.54) is 31.8 Å². The SMILES string of the molecule is CC(=O)OC1CC2CCC1(C)C2(C)CCC=C(C)C. The van der Waals surface area contributed by atoms with Crippen LogP contribution >= 0.6 is 0 Å². The Hall–Kier alpha value is -0.790. The van der Waals surface area contributed by atoms with Gasteiger partial charge in [-0.15, -0.1) is 0 Å². The van der Waals surface area contributed by atoms with Gasteiger partial charge in [0.25, 0.3) is 0 Å². The van der Waals surface area contributed by atoms with Crippen molar-refractivity contribution in [2.75, 3.05) is 0 Å². The maximum Gasteiger partial charge on any atom is 0.302 e. The van der Waals surface area contributed by atoms with E-state index >= 15 is 0 Å². The zero-order valence-corrected chi connectivity index (χ0v) is 13.1. The number of allylic oxidation sites excluding steroid dienone is 2. The van der Waals surface area contributed by atoms with Crippen LogP contribution < -0.4 is 0 Å². The molecule has 2 aliphatic carbocycles. The summed E-state index contributed by atoms with van der Waals surface area (Å²) in [5.74, 6) is 0.609. The Bertz CT molecular complexity index is 394. The highest BCUT2D eigenvalue weighted by Gasteiger charge is 2.64. The van der Waals surface area contributed by atoms with Crippen LogP contribution in [0.15, 0.2) is 11.6 Å². The number of hydrogen-bond acceptors (Lipinski definition) is 2. The van der Waals surface area contributed by atoms with Crippen LogP contribution in [0.5, 0.6) is 0 Å². The standard InChI is InChI=1S/C17H28O2/c1-12(2)7-6-9-16(4)14-8-10-17(16,5)15(11-14)19-13(3)18/h7,14-15H,6,8-11H2,1-5H3. The van der Waals surface area contributed by atoms with E-state index in [4.69, 9.17) is 4.74 Å². The summed E-state index contributed by atoms with van der Waals surface area (Å²) in [7, 11) is 0. The summed E-state index contributed by atoms with van der Waals surface area (Å²) >= 11 is 0. The molecular formula is C17H28O2. The molecule has 2 fully saturated rings. The fourth-order valence-corrected chi connectivity index (χ4v) is 4.50. The molecule has 4 atom stereocenters. The summed E-state index contributed by atoms with van der Waals surface area (Å²) in [6, 6.07) is 0. The predicted octanol–water partition coefficient (Wildman–Crippen LogP) is 4.49. The third-order valence-electron chi connectivity index (χ3n) is 5.95. The Labute approximate surface area is 117 Å². The number of fused-ring (bicyclic) bond motifs is 2. The number of carbonyl (C=O) groups excluding carboxylic acids is 1. The van der Waals surface area contributed by atoms with Gasteiger partial charge in [0.2, 0.25) is 0 Å². The van der Waals surface area contributed by atoms with E-state index in [2.05, 4.69) is 33.8 Å². The smallest absolute Gasteiger partial charge is 0.302 e. The van der Waals surface area contributed by atoms with E-state index in [1.54, 1.807) is 0 Å². The van der Waals surface area contributed by atoms with Crippen molar-refractivity contribution in [1.82, 2.24) is 0 Å². The van der Waals surface area contributed by atoms with E-state index in [0.717, 1.165) is 18.8 Å². The number of carbonyl (C=O) groups is 1. The van der Waals surface area contributed by atoms with Crippen molar-refractivity contribution in [2.45, 2.75) is 72.8 Å². The van der Waals surface area contributed by atoms with Gasteiger partial charge in [0, 0.05) is 12.3 Å². The van der Waals surface area contributed by atoms with Crippen LogP contribution in [0.2, 0.25) is 0 Å². The molecule has 0 radical (unpaired) electrons. The van der Waals surface area contributed by atoms with Gasteiger partial charge in [-0.25, -0.2) is 0 Å². The van der Waals surface area contributed by atoms with Gasteiger partial charge in [0.05, 0.1) is 0 Å². The van der Waals surface area contributed by atoms with Crippen molar-refractivity contribution in [3.05, 3.63) is 11.6 Å². The molecule has 0 spiro atoms. The van der Waals surface area contributed by atoms with E-state index < -0.39 is 0 Å². The van der Waals surface area contributed by atoms with E-state index in [9.17, 15) is 4.79 Å². The lowest BCUT2D eigenvalue weighted by atomic mass is 9.66. The van der Waals surface area contributed by atoms with E-state index in [0.29, 0.717) is 5.41 Å². The van der Waals surface area contributed by atoms with Crippen molar-refractivity contribution >= 4 is 5.97 Å².